The number of rotatable bonds is 5. The lowest BCUT2D eigenvalue weighted by Crippen LogP contribution is -2.27. The van der Waals surface area contributed by atoms with Crippen LogP contribution in [0.15, 0.2) is 29.4 Å². The van der Waals surface area contributed by atoms with Gasteiger partial charge in [0.15, 0.2) is 0 Å². The molecule has 0 aliphatic rings. The minimum absolute atomic E-state index is 0.0872. The fourth-order valence-corrected chi connectivity index (χ4v) is 1.23. The van der Waals surface area contributed by atoms with Gasteiger partial charge in [0.1, 0.15) is 5.84 Å². The van der Waals surface area contributed by atoms with Crippen LogP contribution in [0.4, 0.5) is 5.69 Å². The molecule has 0 radical (unpaired) electrons. The van der Waals surface area contributed by atoms with E-state index in [2.05, 4.69) is 10.5 Å². The predicted octanol–water partition coefficient (Wildman–Crippen LogP) is 0.580. The van der Waals surface area contributed by atoms with Crippen LogP contribution in [0.2, 0.25) is 0 Å². The zero-order chi connectivity index (χ0) is 12.8. The molecule has 92 valence electrons. The van der Waals surface area contributed by atoms with Gasteiger partial charge in [-0.1, -0.05) is 12.1 Å². The molecule has 1 atom stereocenters. The van der Waals surface area contributed by atoms with Crippen molar-refractivity contribution < 1.29 is 10.0 Å². The normalized spacial score (nSPS) is 13.1. The van der Waals surface area contributed by atoms with Gasteiger partial charge in [0.25, 0.3) is 0 Å². The Morgan fingerprint density at radius 1 is 1.41 bits per heavy atom. The highest BCUT2D eigenvalue weighted by Gasteiger charge is 2.07. The van der Waals surface area contributed by atoms with Gasteiger partial charge in [0, 0.05) is 23.7 Å². The summed E-state index contributed by atoms with van der Waals surface area (Å²) in [6, 6.07) is 6.77. The van der Waals surface area contributed by atoms with Crippen molar-refractivity contribution in [1.29, 1.82) is 0 Å². The Morgan fingerprint density at radius 2 is 2.00 bits per heavy atom. The Hall–Kier alpha value is -2.24. The van der Waals surface area contributed by atoms with E-state index in [1.54, 1.807) is 24.3 Å². The van der Waals surface area contributed by atoms with Crippen molar-refractivity contribution in [3.63, 3.8) is 0 Å². The summed E-state index contributed by atoms with van der Waals surface area (Å²) in [6.45, 7) is 2.37. The summed E-state index contributed by atoms with van der Waals surface area (Å²) >= 11 is 0. The lowest BCUT2D eigenvalue weighted by molar-refractivity contribution is 0.100. The van der Waals surface area contributed by atoms with E-state index in [-0.39, 0.29) is 11.8 Å². The molecule has 0 heterocycles. The van der Waals surface area contributed by atoms with Gasteiger partial charge < -0.3 is 22.0 Å². The number of hydrogen-bond donors (Lipinski definition) is 4. The summed E-state index contributed by atoms with van der Waals surface area (Å²) in [5.74, 6) is -0.372. The van der Waals surface area contributed by atoms with Crippen LogP contribution in [-0.4, -0.2) is 23.5 Å². The van der Waals surface area contributed by atoms with Crippen molar-refractivity contribution in [1.82, 2.24) is 0 Å². The van der Waals surface area contributed by atoms with Gasteiger partial charge in [-0.25, -0.2) is 0 Å². The molecule has 6 N–H and O–H groups in total. The van der Waals surface area contributed by atoms with Gasteiger partial charge in [-0.15, -0.1) is 0 Å². The first kappa shape index (κ1) is 12.8. The molecule has 0 aromatic heterocycles. The molecule has 1 amide bonds. The highest BCUT2D eigenvalue weighted by Crippen LogP contribution is 2.10. The first-order chi connectivity index (χ1) is 8.04. The van der Waals surface area contributed by atoms with Crippen LogP contribution < -0.4 is 16.8 Å². The number of amidine groups is 1. The molecule has 6 nitrogen and oxygen atoms in total. The SMILES string of the molecule is CC(CNc1ccc(C(N)=O)cc1)C(N)=NO. The van der Waals surface area contributed by atoms with Crippen molar-refractivity contribution >= 4 is 17.4 Å². The molecule has 0 bridgehead atoms. The van der Waals surface area contributed by atoms with E-state index < -0.39 is 5.91 Å². The highest BCUT2D eigenvalue weighted by atomic mass is 16.4. The molecule has 1 unspecified atom stereocenters. The Labute approximate surface area is 99.3 Å². The van der Waals surface area contributed by atoms with Crippen LogP contribution in [0.25, 0.3) is 0 Å². The van der Waals surface area contributed by atoms with Gasteiger partial charge in [0.2, 0.25) is 5.91 Å². The molecule has 17 heavy (non-hydrogen) atoms. The fraction of sp³-hybridized carbons (Fsp3) is 0.273. The van der Waals surface area contributed by atoms with Crippen molar-refractivity contribution in [2.75, 3.05) is 11.9 Å². The first-order valence-corrected chi connectivity index (χ1v) is 5.15. The minimum atomic E-state index is -0.457. The fourth-order valence-electron chi connectivity index (χ4n) is 1.23. The maximum atomic E-state index is 10.8. The third kappa shape index (κ3) is 3.67. The van der Waals surface area contributed by atoms with Gasteiger partial charge in [-0.3, -0.25) is 4.79 Å². The summed E-state index contributed by atoms with van der Waals surface area (Å²) in [4.78, 5) is 10.8. The molecule has 0 saturated carbocycles. The van der Waals surface area contributed by atoms with E-state index in [9.17, 15) is 4.79 Å². The molecule has 0 aliphatic carbocycles. The first-order valence-electron chi connectivity index (χ1n) is 5.15. The monoisotopic (exact) mass is 236 g/mol. The Kier molecular flexibility index (Phi) is 4.33. The second kappa shape index (κ2) is 5.74. The van der Waals surface area contributed by atoms with E-state index in [1.165, 1.54) is 0 Å². The Morgan fingerprint density at radius 3 is 2.47 bits per heavy atom. The topological polar surface area (TPSA) is 114 Å². The van der Waals surface area contributed by atoms with Gasteiger partial charge in [0.05, 0.1) is 0 Å². The highest BCUT2D eigenvalue weighted by molar-refractivity contribution is 5.93. The zero-order valence-electron chi connectivity index (χ0n) is 9.55. The smallest absolute Gasteiger partial charge is 0.248 e. The maximum absolute atomic E-state index is 10.8. The summed E-state index contributed by atoms with van der Waals surface area (Å²) in [5, 5.41) is 14.5. The summed E-state index contributed by atoms with van der Waals surface area (Å²) in [5.41, 5.74) is 11.9. The molecule has 1 aromatic carbocycles. The number of carbonyl (C=O) groups excluding carboxylic acids is 1. The number of oxime groups is 1. The van der Waals surface area contributed by atoms with Crippen LogP contribution in [0.3, 0.4) is 0 Å². The number of anilines is 1. The largest absolute Gasteiger partial charge is 0.409 e. The molecule has 0 spiro atoms. The molecule has 0 aliphatic heterocycles. The molecular weight excluding hydrogens is 220 g/mol. The molecule has 1 aromatic rings. The predicted molar refractivity (Wildman–Crippen MR) is 66.0 cm³/mol. The third-order valence-electron chi connectivity index (χ3n) is 2.40. The van der Waals surface area contributed by atoms with E-state index in [0.29, 0.717) is 12.1 Å². The molecule has 0 fully saturated rings. The van der Waals surface area contributed by atoms with E-state index in [1.807, 2.05) is 6.92 Å². The average Bonchev–Trinajstić information content (AvgIpc) is 2.35. The number of carbonyl (C=O) groups is 1. The Balaban J connectivity index is 2.56. The summed E-state index contributed by atoms with van der Waals surface area (Å²) < 4.78 is 0. The molecule has 6 heteroatoms. The molecule has 0 saturated heterocycles. The van der Waals surface area contributed by atoms with Crippen molar-refractivity contribution in [3.05, 3.63) is 29.8 Å². The number of hydrogen-bond acceptors (Lipinski definition) is 4. The Bertz CT molecular complexity index is 414. The minimum Gasteiger partial charge on any atom is -0.409 e. The van der Waals surface area contributed by atoms with E-state index >= 15 is 0 Å². The van der Waals surface area contributed by atoms with Crippen molar-refractivity contribution in [2.24, 2.45) is 22.5 Å². The van der Waals surface area contributed by atoms with E-state index in [4.69, 9.17) is 16.7 Å². The number of primary amides is 1. The van der Waals surface area contributed by atoms with E-state index in [0.717, 1.165) is 5.69 Å². The number of nitrogens with one attached hydrogen (secondary N) is 1. The lowest BCUT2D eigenvalue weighted by atomic mass is 10.1. The molecule has 1 rings (SSSR count). The van der Waals surface area contributed by atoms with Gasteiger partial charge >= 0.3 is 0 Å². The molecular formula is C11H16N4O2. The second-order valence-corrected chi connectivity index (χ2v) is 3.75. The van der Waals surface area contributed by atoms with Gasteiger partial charge in [-0.2, -0.15) is 0 Å². The van der Waals surface area contributed by atoms with Crippen LogP contribution in [0, 0.1) is 5.92 Å². The van der Waals surface area contributed by atoms with Crippen molar-refractivity contribution in [3.8, 4) is 0 Å². The van der Waals surface area contributed by atoms with Crippen LogP contribution in [0.5, 0.6) is 0 Å². The van der Waals surface area contributed by atoms with Crippen LogP contribution in [-0.2, 0) is 0 Å². The maximum Gasteiger partial charge on any atom is 0.248 e. The lowest BCUT2D eigenvalue weighted by Gasteiger charge is -2.12. The van der Waals surface area contributed by atoms with Gasteiger partial charge in [-0.05, 0) is 24.3 Å². The van der Waals surface area contributed by atoms with Crippen molar-refractivity contribution in [2.45, 2.75) is 6.92 Å². The third-order valence-corrected chi connectivity index (χ3v) is 2.40. The second-order valence-electron chi connectivity index (χ2n) is 3.75. The number of nitrogens with two attached hydrogens (primary N) is 2. The van der Waals surface area contributed by atoms with Crippen LogP contribution in [0.1, 0.15) is 17.3 Å². The summed E-state index contributed by atoms with van der Waals surface area (Å²) in [7, 11) is 0. The number of nitrogens with zero attached hydrogens (tertiary/aromatic N) is 1. The summed E-state index contributed by atoms with van der Waals surface area (Å²) in [6.07, 6.45) is 0. The quantitative estimate of drug-likeness (QED) is 0.259. The number of amides is 1. The standard InChI is InChI=1S/C11H16N4O2/c1-7(10(12)15-17)6-14-9-4-2-8(3-5-9)11(13)16/h2-5,7,14,17H,6H2,1H3,(H2,12,15)(H2,13,16). The van der Waals surface area contributed by atoms with Crippen LogP contribution >= 0.6 is 0 Å². The average molecular weight is 236 g/mol. The zero-order valence-corrected chi connectivity index (χ0v) is 9.55. The number of benzene rings is 1.